The molecular weight excluding hydrogens is 392 g/mol. The van der Waals surface area contributed by atoms with Gasteiger partial charge >= 0.3 is 5.97 Å². The van der Waals surface area contributed by atoms with E-state index in [4.69, 9.17) is 18.3 Å². The zero-order valence-electron chi connectivity index (χ0n) is 12.9. The van der Waals surface area contributed by atoms with Crippen LogP contribution in [0.15, 0.2) is 73.1 Å². The third-order valence-corrected chi connectivity index (χ3v) is 3.64. The molecule has 0 fully saturated rings. The molecule has 0 amide bonds. The summed E-state index contributed by atoms with van der Waals surface area (Å²) < 4.78 is 21.2. The Labute approximate surface area is 151 Å². The lowest BCUT2D eigenvalue weighted by atomic mass is 10.2. The topological polar surface area (TPSA) is 78.9 Å². The number of carbonyl (C=O) groups excluding carboxylic acids is 1. The Morgan fingerprint density at radius 1 is 1.08 bits per heavy atom. The summed E-state index contributed by atoms with van der Waals surface area (Å²) in [5, 5.41) is 0. The molecular formula is C18H13BrO6. The Kier molecular flexibility index (Phi) is 5.35. The van der Waals surface area contributed by atoms with Crippen LogP contribution in [0.2, 0.25) is 0 Å². The molecule has 0 saturated carbocycles. The molecule has 0 aliphatic carbocycles. The first-order chi connectivity index (χ1) is 12.1. The highest BCUT2D eigenvalue weighted by Gasteiger charge is 2.13. The molecule has 2 heterocycles. The van der Waals surface area contributed by atoms with Crippen molar-refractivity contribution < 1.29 is 23.1 Å². The molecule has 2 aromatic heterocycles. The van der Waals surface area contributed by atoms with E-state index in [9.17, 15) is 9.59 Å². The summed E-state index contributed by atoms with van der Waals surface area (Å²) >= 11 is 3.10. The summed E-state index contributed by atoms with van der Waals surface area (Å²) in [6, 6.07) is 13.7. The van der Waals surface area contributed by atoms with Gasteiger partial charge in [0.1, 0.15) is 25.2 Å². The fraction of sp³-hybridized carbons (Fsp3) is 0.111. The van der Waals surface area contributed by atoms with Gasteiger partial charge in [-0.3, -0.25) is 4.79 Å². The number of carbonyl (C=O) groups is 1. The van der Waals surface area contributed by atoms with Crippen molar-refractivity contribution in [3.63, 3.8) is 0 Å². The van der Waals surface area contributed by atoms with E-state index in [1.54, 1.807) is 6.07 Å². The van der Waals surface area contributed by atoms with Crippen molar-refractivity contribution in [2.75, 3.05) is 0 Å². The molecule has 0 spiro atoms. The van der Waals surface area contributed by atoms with Crippen LogP contribution in [-0.4, -0.2) is 5.97 Å². The molecule has 7 heteroatoms. The van der Waals surface area contributed by atoms with Crippen molar-refractivity contribution in [3.8, 4) is 5.75 Å². The number of ether oxygens (including phenoxy) is 2. The van der Waals surface area contributed by atoms with E-state index < -0.39 is 5.97 Å². The predicted molar refractivity (Wildman–Crippen MR) is 91.3 cm³/mol. The zero-order chi connectivity index (χ0) is 17.6. The summed E-state index contributed by atoms with van der Waals surface area (Å²) in [6.45, 7) is 0.0681. The Balaban J connectivity index is 1.58. The van der Waals surface area contributed by atoms with E-state index in [1.165, 1.54) is 18.4 Å². The molecule has 128 valence electrons. The highest BCUT2D eigenvalue weighted by Crippen LogP contribution is 2.16. The molecule has 0 atom stereocenters. The SMILES string of the molecule is O=C(OCc1cc(=O)c(OCc2ccccc2)co1)c1ccc(Br)o1. The van der Waals surface area contributed by atoms with Gasteiger partial charge in [0.15, 0.2) is 4.67 Å². The van der Waals surface area contributed by atoms with Gasteiger partial charge < -0.3 is 18.3 Å². The third-order valence-electron chi connectivity index (χ3n) is 3.21. The zero-order valence-corrected chi connectivity index (χ0v) is 14.5. The van der Waals surface area contributed by atoms with Crippen molar-refractivity contribution in [2.45, 2.75) is 13.2 Å². The van der Waals surface area contributed by atoms with Crippen molar-refractivity contribution in [2.24, 2.45) is 0 Å². The van der Waals surface area contributed by atoms with Crippen molar-refractivity contribution in [1.82, 2.24) is 0 Å². The van der Waals surface area contributed by atoms with Gasteiger partial charge in [-0.25, -0.2) is 4.79 Å². The molecule has 6 nitrogen and oxygen atoms in total. The Hall–Kier alpha value is -2.80. The van der Waals surface area contributed by atoms with Gasteiger partial charge in [0, 0.05) is 6.07 Å². The second kappa shape index (κ2) is 7.85. The van der Waals surface area contributed by atoms with Crippen LogP contribution < -0.4 is 10.2 Å². The molecule has 0 radical (unpaired) electrons. The van der Waals surface area contributed by atoms with Crippen LogP contribution in [0.5, 0.6) is 5.75 Å². The fourth-order valence-corrected chi connectivity index (χ4v) is 2.29. The van der Waals surface area contributed by atoms with Crippen LogP contribution in [0, 0.1) is 0 Å². The summed E-state index contributed by atoms with van der Waals surface area (Å²) in [5.74, 6) is -0.306. The number of rotatable bonds is 6. The summed E-state index contributed by atoms with van der Waals surface area (Å²) in [7, 11) is 0. The normalized spacial score (nSPS) is 10.4. The van der Waals surface area contributed by atoms with Crippen LogP contribution in [0.25, 0.3) is 0 Å². The lowest BCUT2D eigenvalue weighted by Gasteiger charge is -2.06. The standard InChI is InChI=1S/C18H13BrO6/c19-17-7-6-15(25-17)18(21)24-10-13-8-14(20)16(11-22-13)23-9-12-4-2-1-3-5-12/h1-8,11H,9-10H2. The van der Waals surface area contributed by atoms with Crippen LogP contribution in [0.1, 0.15) is 21.9 Å². The maximum absolute atomic E-state index is 12.0. The highest BCUT2D eigenvalue weighted by atomic mass is 79.9. The van der Waals surface area contributed by atoms with Crippen LogP contribution >= 0.6 is 15.9 Å². The number of hydrogen-bond donors (Lipinski definition) is 0. The van der Waals surface area contributed by atoms with Crippen molar-refractivity contribution in [1.29, 1.82) is 0 Å². The lowest BCUT2D eigenvalue weighted by Crippen LogP contribution is -2.10. The smallest absolute Gasteiger partial charge is 0.374 e. The van der Waals surface area contributed by atoms with Crippen LogP contribution in [0.4, 0.5) is 0 Å². The van der Waals surface area contributed by atoms with Crippen molar-refractivity contribution in [3.05, 3.63) is 86.8 Å². The number of esters is 1. The summed E-state index contributed by atoms with van der Waals surface area (Å²) in [6.07, 6.45) is 1.21. The first kappa shape index (κ1) is 17.0. The monoisotopic (exact) mass is 404 g/mol. The van der Waals surface area contributed by atoms with Gasteiger partial charge in [0.25, 0.3) is 0 Å². The molecule has 1 aromatic carbocycles. The second-order valence-electron chi connectivity index (χ2n) is 5.03. The molecule has 0 unspecified atom stereocenters. The van der Waals surface area contributed by atoms with Crippen molar-refractivity contribution >= 4 is 21.9 Å². The second-order valence-corrected chi connectivity index (χ2v) is 5.81. The minimum Gasteiger partial charge on any atom is -0.482 e. The molecule has 0 aliphatic heterocycles. The van der Waals surface area contributed by atoms with E-state index in [2.05, 4.69) is 15.9 Å². The first-order valence-corrected chi connectivity index (χ1v) is 8.12. The molecule has 3 aromatic rings. The molecule has 0 saturated heterocycles. The molecule has 3 rings (SSSR count). The van der Waals surface area contributed by atoms with E-state index in [-0.39, 0.29) is 35.9 Å². The van der Waals surface area contributed by atoms with E-state index in [0.29, 0.717) is 4.67 Å². The lowest BCUT2D eigenvalue weighted by molar-refractivity contribution is 0.0404. The van der Waals surface area contributed by atoms with Gasteiger partial charge in [-0.1, -0.05) is 30.3 Å². The van der Waals surface area contributed by atoms with Crippen LogP contribution in [-0.2, 0) is 18.0 Å². The Bertz CT molecular complexity index is 913. The maximum Gasteiger partial charge on any atom is 0.374 e. The average molecular weight is 405 g/mol. The van der Waals surface area contributed by atoms with Gasteiger partial charge in [-0.15, -0.1) is 0 Å². The summed E-state index contributed by atoms with van der Waals surface area (Å²) in [5.41, 5.74) is 0.582. The van der Waals surface area contributed by atoms with Gasteiger partial charge in [0.05, 0.1) is 0 Å². The number of furan rings is 1. The largest absolute Gasteiger partial charge is 0.482 e. The Morgan fingerprint density at radius 2 is 1.88 bits per heavy atom. The first-order valence-electron chi connectivity index (χ1n) is 7.33. The van der Waals surface area contributed by atoms with E-state index >= 15 is 0 Å². The number of halogens is 1. The van der Waals surface area contributed by atoms with Gasteiger partial charge in [0.2, 0.25) is 16.9 Å². The molecule has 0 bridgehead atoms. The average Bonchev–Trinajstić information content (AvgIpc) is 3.06. The maximum atomic E-state index is 12.0. The fourth-order valence-electron chi connectivity index (χ4n) is 1.99. The summed E-state index contributed by atoms with van der Waals surface area (Å²) in [4.78, 5) is 23.8. The molecule has 0 N–H and O–H groups in total. The Morgan fingerprint density at radius 3 is 2.56 bits per heavy atom. The number of benzene rings is 1. The predicted octanol–water partition coefficient (Wildman–Crippen LogP) is 3.93. The van der Waals surface area contributed by atoms with Crippen LogP contribution in [0.3, 0.4) is 0 Å². The van der Waals surface area contributed by atoms with E-state index in [1.807, 2.05) is 30.3 Å². The van der Waals surface area contributed by atoms with Gasteiger partial charge in [-0.05, 0) is 33.6 Å². The minimum absolute atomic E-state index is 0.0528. The highest BCUT2D eigenvalue weighted by molar-refractivity contribution is 9.10. The van der Waals surface area contributed by atoms with Gasteiger partial charge in [-0.2, -0.15) is 0 Å². The number of hydrogen-bond acceptors (Lipinski definition) is 6. The quantitative estimate of drug-likeness (QED) is 0.579. The third kappa shape index (κ3) is 4.60. The molecule has 25 heavy (non-hydrogen) atoms. The van der Waals surface area contributed by atoms with E-state index in [0.717, 1.165) is 5.56 Å². The minimum atomic E-state index is -0.655. The molecule has 0 aliphatic rings.